The monoisotopic (exact) mass is 194 g/mol. The molecule has 0 amide bonds. The maximum atomic E-state index is 8.52. The Bertz CT molecular complexity index is 310. The van der Waals surface area contributed by atoms with Crippen LogP contribution >= 0.6 is 0 Å². The van der Waals surface area contributed by atoms with E-state index in [-0.39, 0.29) is 1.43 Å². The number of nitrogens with zero attached hydrogens (tertiary/aromatic N) is 2. The quantitative estimate of drug-likeness (QED) is 0.289. The second-order valence-corrected chi connectivity index (χ2v) is 2.97. The van der Waals surface area contributed by atoms with Gasteiger partial charge in [0.25, 0.3) is 0 Å². The van der Waals surface area contributed by atoms with Crippen molar-refractivity contribution in [2.24, 2.45) is 14.1 Å². The fourth-order valence-corrected chi connectivity index (χ4v) is 0.575. The molecule has 1 aromatic rings. The van der Waals surface area contributed by atoms with Gasteiger partial charge in [0.15, 0.2) is 0 Å². The van der Waals surface area contributed by atoms with Gasteiger partial charge in [0.2, 0.25) is 6.33 Å². The zero-order valence-corrected chi connectivity index (χ0v) is 7.48. The average molecular weight is 194 g/mol. The predicted octanol–water partition coefficient (Wildman–Crippen LogP) is -1.38. The molecule has 0 atom stereocenters. The highest BCUT2D eigenvalue weighted by Gasteiger charge is 1.87. The highest BCUT2D eigenvalue weighted by Crippen LogP contribution is 1.70. The van der Waals surface area contributed by atoms with Crippen LogP contribution in [0, 0.1) is 0 Å². The Kier molecular flexibility index (Phi) is 3.87. The first-order valence-electron chi connectivity index (χ1n) is 2.93. The molecule has 0 aliphatic rings. The highest BCUT2D eigenvalue weighted by molar-refractivity contribution is 7.79. The van der Waals surface area contributed by atoms with Crippen LogP contribution in [-0.2, 0) is 24.5 Å². The lowest BCUT2D eigenvalue weighted by molar-refractivity contribution is -0.670. The third-order valence-electron chi connectivity index (χ3n) is 0.901. The molecule has 0 N–H and O–H groups in total. The maximum absolute atomic E-state index is 8.52. The largest absolute Gasteiger partial charge is 1.00 e. The van der Waals surface area contributed by atoms with Crippen molar-refractivity contribution >= 4 is 10.4 Å². The first-order chi connectivity index (χ1) is 5.29. The van der Waals surface area contributed by atoms with Crippen molar-refractivity contribution in [2.45, 2.75) is 0 Å². The van der Waals surface area contributed by atoms with Gasteiger partial charge in [-0.05, 0) is 0 Å². The van der Waals surface area contributed by atoms with Crippen molar-refractivity contribution in [3.63, 3.8) is 0 Å². The van der Waals surface area contributed by atoms with E-state index in [0.717, 1.165) is 0 Å². The zero-order chi connectivity index (χ0) is 9.78. The Balaban J connectivity index is 0. The number of aromatic nitrogens is 2. The van der Waals surface area contributed by atoms with Gasteiger partial charge in [-0.3, -0.25) is 8.42 Å². The Hall–Kier alpha value is -0.920. The van der Waals surface area contributed by atoms with Gasteiger partial charge in [-0.2, -0.15) is 0 Å². The Labute approximate surface area is 72.1 Å². The fourth-order valence-electron chi connectivity index (χ4n) is 0.575. The first-order valence-corrected chi connectivity index (χ1v) is 4.26. The molecule has 1 heterocycles. The molecule has 0 spiro atoms. The van der Waals surface area contributed by atoms with E-state index >= 15 is 0 Å². The summed E-state index contributed by atoms with van der Waals surface area (Å²) in [7, 11) is -1.17. The molecule has 0 unspecified atom stereocenters. The van der Waals surface area contributed by atoms with Gasteiger partial charge in [-0.25, -0.2) is 9.13 Å². The second kappa shape index (κ2) is 4.19. The third kappa shape index (κ3) is 9.08. The van der Waals surface area contributed by atoms with E-state index in [1.807, 2.05) is 42.0 Å². The van der Waals surface area contributed by atoms with Gasteiger partial charge in [0.1, 0.15) is 12.4 Å². The van der Waals surface area contributed by atoms with Crippen molar-refractivity contribution in [3.05, 3.63) is 18.7 Å². The summed E-state index contributed by atoms with van der Waals surface area (Å²) in [5.41, 5.74) is 0. The molecule has 0 aliphatic carbocycles. The van der Waals surface area contributed by atoms with Gasteiger partial charge in [-0.15, -0.1) is 0 Å². The highest BCUT2D eigenvalue weighted by atomic mass is 32.3. The molecule has 1 aromatic heterocycles. The van der Waals surface area contributed by atoms with Gasteiger partial charge in [-0.1, -0.05) is 0 Å². The molecular weight excluding hydrogens is 184 g/mol. The molecule has 0 fully saturated rings. The van der Waals surface area contributed by atoms with Crippen LogP contribution in [0.4, 0.5) is 0 Å². The topological polar surface area (TPSA) is 89.1 Å². The smallest absolute Gasteiger partial charge is 0.759 e. The van der Waals surface area contributed by atoms with Gasteiger partial charge in [0, 0.05) is 10.4 Å². The van der Waals surface area contributed by atoms with Crippen molar-refractivity contribution in [1.82, 2.24) is 4.57 Å². The summed E-state index contributed by atoms with van der Waals surface area (Å²) in [6.45, 7) is 0. The average Bonchev–Trinajstić information content (AvgIpc) is 2.09. The number of rotatable bonds is 0. The van der Waals surface area contributed by atoms with Gasteiger partial charge in [0.05, 0.1) is 14.1 Å². The molecule has 0 aromatic carbocycles. The second-order valence-electron chi connectivity index (χ2n) is 2.15. The van der Waals surface area contributed by atoms with Crippen LogP contribution in [0.1, 0.15) is 1.43 Å². The lowest BCUT2D eigenvalue weighted by Gasteiger charge is -2.06. The van der Waals surface area contributed by atoms with Crippen LogP contribution in [0.15, 0.2) is 18.7 Å². The molecule has 0 bridgehead atoms. The summed E-state index contributed by atoms with van der Waals surface area (Å²) in [4.78, 5) is 0. The van der Waals surface area contributed by atoms with Crippen LogP contribution in [0.2, 0.25) is 0 Å². The minimum absolute atomic E-state index is 0. The molecule has 0 radical (unpaired) electrons. The van der Waals surface area contributed by atoms with Gasteiger partial charge >= 0.3 is 1.43 Å². The minimum atomic E-state index is -5.17. The number of aryl methyl sites for hydroxylation is 2. The van der Waals surface area contributed by atoms with E-state index in [1.165, 1.54) is 0 Å². The maximum Gasteiger partial charge on any atom is 1.00 e. The van der Waals surface area contributed by atoms with Crippen molar-refractivity contribution in [1.29, 1.82) is 0 Å². The normalized spacial score (nSPS) is 10.3. The summed E-state index contributed by atoms with van der Waals surface area (Å²) in [6, 6.07) is 0. The van der Waals surface area contributed by atoms with Gasteiger partial charge < -0.3 is 9.11 Å². The molecule has 1 rings (SSSR count). The van der Waals surface area contributed by atoms with Crippen LogP contribution in [-0.4, -0.2) is 22.1 Å². The fraction of sp³-hybridized carbons (Fsp3) is 0.400. The third-order valence-corrected chi connectivity index (χ3v) is 0.901. The van der Waals surface area contributed by atoms with E-state index in [1.54, 1.807) is 0 Å². The Morgan fingerprint density at radius 1 is 1.50 bits per heavy atom. The van der Waals surface area contributed by atoms with Crippen molar-refractivity contribution < 1.29 is 23.5 Å². The standard InChI is InChI=1S/C5H9N2.H2O4S/c1-6-3-4-7(2)5-6;1-5(2,3)4/h3-5H,1-2H3;(H2,1,2,3,4)/q+1;/p-1. The summed E-state index contributed by atoms with van der Waals surface area (Å²) in [6.07, 6.45) is 6.00. The zero-order valence-electron chi connectivity index (χ0n) is 7.67. The number of hydrogen-bond donors (Lipinski definition) is 0. The molecule has 0 saturated heterocycles. The molecule has 0 aliphatic heterocycles. The summed E-state index contributed by atoms with van der Waals surface area (Å²) >= 11 is 0. The van der Waals surface area contributed by atoms with E-state index in [9.17, 15) is 0 Å². The van der Waals surface area contributed by atoms with Crippen molar-refractivity contribution in [3.8, 4) is 0 Å². The van der Waals surface area contributed by atoms with E-state index in [2.05, 4.69) is 0 Å². The summed E-state index contributed by atoms with van der Waals surface area (Å²) < 4.78 is 38.1. The first kappa shape index (κ1) is 11.1. The minimum Gasteiger partial charge on any atom is -0.759 e. The Morgan fingerprint density at radius 2 is 1.92 bits per heavy atom. The van der Waals surface area contributed by atoms with Crippen LogP contribution < -0.4 is 4.57 Å². The SMILES string of the molecule is Cn1cc[n+](C)c1.O=S(=O)([O-])[O-].[H+]. The van der Waals surface area contributed by atoms with E-state index < -0.39 is 10.4 Å². The predicted molar refractivity (Wildman–Crippen MR) is 38.2 cm³/mol. The molecule has 0 saturated carbocycles. The van der Waals surface area contributed by atoms with E-state index in [0.29, 0.717) is 0 Å². The van der Waals surface area contributed by atoms with E-state index in [4.69, 9.17) is 17.5 Å². The molecule has 7 heteroatoms. The molecule has 70 valence electrons. The molecule has 6 nitrogen and oxygen atoms in total. The van der Waals surface area contributed by atoms with Crippen LogP contribution in [0.3, 0.4) is 0 Å². The lowest BCUT2D eigenvalue weighted by atomic mass is 10.9. The lowest BCUT2D eigenvalue weighted by Crippen LogP contribution is -2.23. The summed E-state index contributed by atoms with van der Waals surface area (Å²) in [5.74, 6) is 0. The Morgan fingerprint density at radius 3 is 2.00 bits per heavy atom. The summed E-state index contributed by atoms with van der Waals surface area (Å²) in [5, 5.41) is 0. The number of hydrogen-bond acceptors (Lipinski definition) is 4. The molecule has 12 heavy (non-hydrogen) atoms. The number of imidazole rings is 1. The van der Waals surface area contributed by atoms with Crippen LogP contribution in [0.25, 0.3) is 0 Å². The van der Waals surface area contributed by atoms with Crippen LogP contribution in [0.5, 0.6) is 0 Å². The molecular formula is C5H10N2O4S. The van der Waals surface area contributed by atoms with Crippen molar-refractivity contribution in [2.75, 3.05) is 0 Å².